The van der Waals surface area contributed by atoms with Gasteiger partial charge in [-0.15, -0.1) is 0 Å². The molecule has 168 valence electrons. The number of aromatic nitrogens is 4. The molecule has 0 unspecified atom stereocenters. The van der Waals surface area contributed by atoms with Crippen LogP contribution in [0.3, 0.4) is 0 Å². The Labute approximate surface area is 191 Å². The lowest BCUT2D eigenvalue weighted by atomic mass is 10.1. The maximum absolute atomic E-state index is 12.3. The van der Waals surface area contributed by atoms with Gasteiger partial charge < -0.3 is 20.7 Å². The fourth-order valence-corrected chi connectivity index (χ4v) is 3.82. The molecule has 0 spiro atoms. The number of nitrogens with one attached hydrogen (secondary N) is 3. The van der Waals surface area contributed by atoms with Gasteiger partial charge in [-0.25, -0.2) is 0 Å². The molecule has 9 heteroatoms. The number of nitrogens with zero attached hydrogens (tertiary/aromatic N) is 4. The van der Waals surface area contributed by atoms with E-state index in [0.29, 0.717) is 24.9 Å². The standard InChI is InChI=1S/C24H25N7O2/c1-2-33-20-11-6-10-19(14-20)28-24-30-23-27-18-9-5-8-17(13-18)26-21(32)12-4-3-7-16-15-25-31(24)22(16)29-23/h5-6,8-11,13-15H,2-4,7,12H2,1H3,(H,26,32)(H2,27,28,29,30). The smallest absolute Gasteiger partial charge is 0.233 e. The number of carbonyl (C=O) groups excluding carboxylic acids is 1. The molecule has 1 aliphatic heterocycles. The van der Waals surface area contributed by atoms with Gasteiger partial charge in [0.2, 0.25) is 17.8 Å². The highest BCUT2D eigenvalue weighted by molar-refractivity contribution is 5.91. The van der Waals surface area contributed by atoms with E-state index in [1.807, 2.05) is 61.7 Å². The van der Waals surface area contributed by atoms with Crippen LogP contribution in [0.15, 0.2) is 54.7 Å². The first-order chi connectivity index (χ1) is 16.2. The van der Waals surface area contributed by atoms with Gasteiger partial charge in [-0.3, -0.25) is 4.79 Å². The van der Waals surface area contributed by atoms with Crippen LogP contribution in [0.4, 0.5) is 29.0 Å². The third-order valence-corrected chi connectivity index (χ3v) is 5.34. The molecule has 33 heavy (non-hydrogen) atoms. The Morgan fingerprint density at radius 3 is 2.73 bits per heavy atom. The van der Waals surface area contributed by atoms with Crippen LogP contribution in [0.1, 0.15) is 31.7 Å². The second kappa shape index (κ2) is 9.15. The van der Waals surface area contributed by atoms with Gasteiger partial charge >= 0.3 is 0 Å². The summed E-state index contributed by atoms with van der Waals surface area (Å²) in [5.41, 5.74) is 4.09. The average Bonchev–Trinajstić information content (AvgIpc) is 3.20. The summed E-state index contributed by atoms with van der Waals surface area (Å²) < 4.78 is 7.33. The molecule has 4 aromatic rings. The molecule has 9 nitrogen and oxygen atoms in total. The minimum atomic E-state index is 0.0138. The van der Waals surface area contributed by atoms with Crippen molar-refractivity contribution in [1.29, 1.82) is 0 Å². The van der Waals surface area contributed by atoms with Crippen LogP contribution in [0.25, 0.3) is 5.65 Å². The van der Waals surface area contributed by atoms with Crippen molar-refractivity contribution in [2.24, 2.45) is 0 Å². The predicted molar refractivity (Wildman–Crippen MR) is 128 cm³/mol. The molecule has 4 bridgehead atoms. The van der Waals surface area contributed by atoms with Crippen LogP contribution >= 0.6 is 0 Å². The van der Waals surface area contributed by atoms with E-state index in [1.165, 1.54) is 0 Å². The van der Waals surface area contributed by atoms with Gasteiger partial charge in [-0.2, -0.15) is 19.6 Å². The van der Waals surface area contributed by atoms with Crippen molar-refractivity contribution < 1.29 is 9.53 Å². The number of rotatable bonds is 4. The molecule has 2 aromatic carbocycles. The molecule has 0 radical (unpaired) electrons. The Balaban J connectivity index is 1.56. The molecular weight excluding hydrogens is 418 g/mol. The van der Waals surface area contributed by atoms with E-state index in [-0.39, 0.29) is 5.91 Å². The minimum Gasteiger partial charge on any atom is -0.494 e. The molecule has 0 atom stereocenters. The fourth-order valence-electron chi connectivity index (χ4n) is 3.82. The van der Waals surface area contributed by atoms with E-state index < -0.39 is 0 Å². The fraction of sp³-hybridized carbons (Fsp3) is 0.250. The normalized spacial score (nSPS) is 13.8. The highest BCUT2D eigenvalue weighted by Crippen LogP contribution is 2.25. The number of ether oxygens (including phenoxy) is 1. The molecule has 0 fully saturated rings. The lowest BCUT2D eigenvalue weighted by Gasteiger charge is -2.13. The van der Waals surface area contributed by atoms with E-state index in [4.69, 9.17) is 9.72 Å². The first kappa shape index (κ1) is 20.7. The largest absolute Gasteiger partial charge is 0.494 e. The third kappa shape index (κ3) is 4.72. The monoisotopic (exact) mass is 443 g/mol. The summed E-state index contributed by atoms with van der Waals surface area (Å²) in [6.45, 7) is 2.55. The molecule has 2 aromatic heterocycles. The maximum atomic E-state index is 12.3. The number of aryl methyl sites for hydroxylation is 1. The summed E-state index contributed by atoms with van der Waals surface area (Å²) in [5, 5.41) is 14.1. The molecule has 0 saturated heterocycles. The van der Waals surface area contributed by atoms with Crippen LogP contribution in [0, 0.1) is 0 Å². The molecule has 5 rings (SSSR count). The van der Waals surface area contributed by atoms with Crippen LogP contribution in [0.2, 0.25) is 0 Å². The molecule has 3 heterocycles. The zero-order chi connectivity index (χ0) is 22.6. The number of benzene rings is 2. The summed E-state index contributed by atoms with van der Waals surface area (Å²) in [4.78, 5) is 21.7. The third-order valence-electron chi connectivity index (χ3n) is 5.34. The number of amides is 1. The lowest BCUT2D eigenvalue weighted by molar-refractivity contribution is -0.116. The zero-order valence-electron chi connectivity index (χ0n) is 18.3. The number of hydrogen-bond donors (Lipinski definition) is 3. The first-order valence-electron chi connectivity index (χ1n) is 11.1. The average molecular weight is 444 g/mol. The van der Waals surface area contributed by atoms with Crippen molar-refractivity contribution in [3.05, 3.63) is 60.3 Å². The van der Waals surface area contributed by atoms with E-state index in [1.54, 1.807) is 4.52 Å². The highest BCUT2D eigenvalue weighted by atomic mass is 16.5. The first-order valence-corrected chi connectivity index (χ1v) is 11.1. The molecule has 0 aliphatic carbocycles. The number of fused-ring (bicyclic) bond motifs is 3. The maximum Gasteiger partial charge on any atom is 0.233 e. The SMILES string of the molecule is CCOc1cccc(Nc2nc3nc4c(cnn24)CCCCC(=O)Nc2cccc(c2)N3)c1. The summed E-state index contributed by atoms with van der Waals surface area (Å²) in [7, 11) is 0. The number of carbonyl (C=O) groups is 1. The Hall–Kier alpha value is -4.14. The van der Waals surface area contributed by atoms with Gasteiger partial charge in [0.05, 0.1) is 12.8 Å². The Bertz CT molecular complexity index is 1300. The summed E-state index contributed by atoms with van der Waals surface area (Å²) in [6.07, 6.45) is 4.72. The molecule has 1 amide bonds. The summed E-state index contributed by atoms with van der Waals surface area (Å²) >= 11 is 0. The van der Waals surface area contributed by atoms with Crippen LogP contribution in [-0.2, 0) is 11.2 Å². The molecule has 0 saturated carbocycles. The quantitative estimate of drug-likeness (QED) is 0.421. The second-order valence-corrected chi connectivity index (χ2v) is 7.82. The van der Waals surface area contributed by atoms with Crippen LogP contribution in [0.5, 0.6) is 5.75 Å². The zero-order valence-corrected chi connectivity index (χ0v) is 18.3. The van der Waals surface area contributed by atoms with Crippen molar-refractivity contribution in [3.63, 3.8) is 0 Å². The van der Waals surface area contributed by atoms with Gasteiger partial charge in [0.15, 0.2) is 5.65 Å². The molecule has 1 aliphatic rings. The van der Waals surface area contributed by atoms with Gasteiger partial charge in [0.25, 0.3) is 0 Å². The van der Waals surface area contributed by atoms with Crippen molar-refractivity contribution in [2.45, 2.75) is 32.6 Å². The Kier molecular flexibility index (Phi) is 5.75. The van der Waals surface area contributed by atoms with Gasteiger partial charge in [-0.05, 0) is 56.5 Å². The molecule has 3 N–H and O–H groups in total. The molecular formula is C24H25N7O2. The number of anilines is 5. The van der Waals surface area contributed by atoms with Crippen molar-refractivity contribution in [2.75, 3.05) is 22.6 Å². The van der Waals surface area contributed by atoms with Gasteiger partial charge in [0.1, 0.15) is 5.75 Å². The van der Waals surface area contributed by atoms with Crippen molar-refractivity contribution in [3.8, 4) is 5.75 Å². The van der Waals surface area contributed by atoms with Crippen molar-refractivity contribution >= 4 is 40.5 Å². The topological polar surface area (TPSA) is 105 Å². The Morgan fingerprint density at radius 2 is 1.85 bits per heavy atom. The highest BCUT2D eigenvalue weighted by Gasteiger charge is 2.15. The predicted octanol–water partition coefficient (Wildman–Crippen LogP) is 4.68. The van der Waals surface area contributed by atoms with Crippen molar-refractivity contribution in [1.82, 2.24) is 19.6 Å². The Morgan fingerprint density at radius 1 is 1.03 bits per heavy atom. The van der Waals surface area contributed by atoms with Gasteiger partial charge in [0, 0.05) is 35.1 Å². The lowest BCUT2D eigenvalue weighted by Crippen LogP contribution is -2.12. The number of hydrogen-bond acceptors (Lipinski definition) is 7. The van der Waals surface area contributed by atoms with E-state index in [9.17, 15) is 4.79 Å². The summed E-state index contributed by atoms with van der Waals surface area (Å²) in [5.74, 6) is 1.77. The van der Waals surface area contributed by atoms with Crippen LogP contribution in [-0.4, -0.2) is 32.1 Å². The second-order valence-electron chi connectivity index (χ2n) is 7.82. The minimum absolute atomic E-state index is 0.0138. The van der Waals surface area contributed by atoms with Crippen LogP contribution < -0.4 is 20.7 Å². The van der Waals surface area contributed by atoms with E-state index in [0.717, 1.165) is 53.3 Å². The van der Waals surface area contributed by atoms with Gasteiger partial charge in [-0.1, -0.05) is 12.1 Å². The summed E-state index contributed by atoms with van der Waals surface area (Å²) in [6, 6.07) is 15.2. The van der Waals surface area contributed by atoms with E-state index in [2.05, 4.69) is 26.0 Å². The van der Waals surface area contributed by atoms with E-state index >= 15 is 0 Å².